The number of aromatic nitrogens is 2. The summed E-state index contributed by atoms with van der Waals surface area (Å²) in [6.07, 6.45) is 4.73. The third-order valence-corrected chi connectivity index (χ3v) is 3.55. The molecule has 2 amide bonds. The molecule has 1 aromatic carbocycles. The number of hydrogen-bond donors (Lipinski definition) is 2. The lowest BCUT2D eigenvalue weighted by Crippen LogP contribution is -2.39. The second kappa shape index (κ2) is 7.60. The van der Waals surface area contributed by atoms with E-state index in [0.717, 1.165) is 18.2 Å². The molecule has 7 nitrogen and oxygen atoms in total. The number of benzene rings is 1. The summed E-state index contributed by atoms with van der Waals surface area (Å²) in [5.74, 6) is -3.17. The first-order valence-electron chi connectivity index (χ1n) is 7.61. The quantitative estimate of drug-likeness (QED) is 0.682. The highest BCUT2D eigenvalue weighted by Crippen LogP contribution is 2.17. The third-order valence-electron chi connectivity index (χ3n) is 3.55. The predicted octanol–water partition coefficient (Wildman–Crippen LogP) is 2.10. The van der Waals surface area contributed by atoms with Crippen LogP contribution in [-0.2, 0) is 9.59 Å². The molecule has 0 radical (unpaired) electrons. The number of carbonyl (C=O) groups is 2. The van der Waals surface area contributed by atoms with E-state index in [1.54, 1.807) is 35.3 Å². The van der Waals surface area contributed by atoms with Gasteiger partial charge in [-0.05, 0) is 30.3 Å². The first-order chi connectivity index (χ1) is 12.5. The number of carbonyl (C=O) groups excluding carboxylic acids is 2. The molecule has 2 aromatic heterocycles. The fourth-order valence-electron chi connectivity index (χ4n) is 2.31. The van der Waals surface area contributed by atoms with Gasteiger partial charge in [0, 0.05) is 25.0 Å². The van der Waals surface area contributed by atoms with E-state index in [1.807, 2.05) is 5.32 Å². The maximum absolute atomic E-state index is 13.5. The van der Waals surface area contributed by atoms with Crippen molar-refractivity contribution < 1.29 is 22.8 Å². The Morgan fingerprint density at radius 2 is 2.04 bits per heavy atom. The zero-order valence-electron chi connectivity index (χ0n) is 13.4. The van der Waals surface area contributed by atoms with E-state index < -0.39 is 35.2 Å². The molecule has 134 valence electrons. The van der Waals surface area contributed by atoms with Gasteiger partial charge in [-0.2, -0.15) is 5.10 Å². The number of amides is 2. The Bertz CT molecular complexity index is 861. The number of anilines is 1. The Labute approximate surface area is 146 Å². The molecule has 2 N–H and O–H groups in total. The summed E-state index contributed by atoms with van der Waals surface area (Å²) in [6, 6.07) is 7.18. The van der Waals surface area contributed by atoms with Crippen LogP contribution in [0, 0.1) is 11.6 Å². The van der Waals surface area contributed by atoms with Gasteiger partial charge in [0.1, 0.15) is 23.4 Å². The summed E-state index contributed by atoms with van der Waals surface area (Å²) in [7, 11) is 0. The molecule has 0 saturated heterocycles. The number of nitrogens with one attached hydrogen (secondary N) is 2. The molecule has 0 aliphatic rings. The summed E-state index contributed by atoms with van der Waals surface area (Å²) in [6.45, 7) is 0.00702. The van der Waals surface area contributed by atoms with Crippen molar-refractivity contribution >= 4 is 17.5 Å². The van der Waals surface area contributed by atoms with Crippen molar-refractivity contribution in [1.29, 1.82) is 0 Å². The molecule has 26 heavy (non-hydrogen) atoms. The summed E-state index contributed by atoms with van der Waals surface area (Å²) in [4.78, 5) is 23.9. The van der Waals surface area contributed by atoms with Gasteiger partial charge >= 0.3 is 11.8 Å². The smallest absolute Gasteiger partial charge is 0.313 e. The molecule has 3 aromatic rings. The number of rotatable bonds is 5. The Morgan fingerprint density at radius 3 is 2.73 bits per heavy atom. The van der Waals surface area contributed by atoms with Crippen LogP contribution in [0.2, 0.25) is 0 Å². The van der Waals surface area contributed by atoms with Crippen LogP contribution in [0.1, 0.15) is 11.8 Å². The molecular weight excluding hydrogens is 346 g/mol. The van der Waals surface area contributed by atoms with Gasteiger partial charge in [0.25, 0.3) is 0 Å². The van der Waals surface area contributed by atoms with E-state index in [2.05, 4.69) is 10.4 Å². The average molecular weight is 360 g/mol. The van der Waals surface area contributed by atoms with E-state index in [4.69, 9.17) is 4.42 Å². The second-order valence-electron chi connectivity index (χ2n) is 5.31. The van der Waals surface area contributed by atoms with Crippen molar-refractivity contribution in [2.75, 3.05) is 11.9 Å². The van der Waals surface area contributed by atoms with E-state index in [1.165, 1.54) is 6.26 Å². The molecule has 0 aliphatic heterocycles. The fraction of sp³-hybridized carbons (Fsp3) is 0.118. The summed E-state index contributed by atoms with van der Waals surface area (Å²) >= 11 is 0. The molecule has 1 unspecified atom stereocenters. The number of furan rings is 1. The molecule has 0 saturated carbocycles. The van der Waals surface area contributed by atoms with Crippen LogP contribution in [0.4, 0.5) is 14.5 Å². The van der Waals surface area contributed by atoms with E-state index in [-0.39, 0.29) is 6.54 Å². The van der Waals surface area contributed by atoms with Crippen LogP contribution in [-0.4, -0.2) is 28.1 Å². The summed E-state index contributed by atoms with van der Waals surface area (Å²) in [5, 5.41) is 8.56. The zero-order valence-corrected chi connectivity index (χ0v) is 13.4. The number of hydrogen-bond acceptors (Lipinski definition) is 4. The largest absolute Gasteiger partial charge is 0.467 e. The molecule has 0 spiro atoms. The second-order valence-corrected chi connectivity index (χ2v) is 5.31. The highest BCUT2D eigenvalue weighted by molar-refractivity contribution is 6.39. The maximum atomic E-state index is 13.5. The van der Waals surface area contributed by atoms with Crippen molar-refractivity contribution in [3.63, 3.8) is 0 Å². The van der Waals surface area contributed by atoms with Gasteiger partial charge < -0.3 is 15.1 Å². The molecule has 0 fully saturated rings. The van der Waals surface area contributed by atoms with Crippen LogP contribution in [0.25, 0.3) is 0 Å². The van der Waals surface area contributed by atoms with Gasteiger partial charge in [-0.15, -0.1) is 0 Å². The topological polar surface area (TPSA) is 89.2 Å². The predicted molar refractivity (Wildman–Crippen MR) is 87.1 cm³/mol. The van der Waals surface area contributed by atoms with Gasteiger partial charge in [-0.3, -0.25) is 14.3 Å². The lowest BCUT2D eigenvalue weighted by atomic mass is 10.2. The maximum Gasteiger partial charge on any atom is 0.313 e. The number of nitrogens with zero attached hydrogens (tertiary/aromatic N) is 2. The molecule has 3 rings (SSSR count). The van der Waals surface area contributed by atoms with Crippen molar-refractivity contribution in [2.24, 2.45) is 0 Å². The molecule has 1 atom stereocenters. The Balaban J connectivity index is 1.65. The van der Waals surface area contributed by atoms with E-state index in [9.17, 15) is 18.4 Å². The SMILES string of the molecule is O=C(NCC(c1ccco1)n1cccn1)C(=O)Nc1cc(F)ccc1F. The minimum absolute atomic E-state index is 0.00702. The minimum Gasteiger partial charge on any atom is -0.467 e. The standard InChI is InChI=1S/C17H14F2N4O3/c18-11-4-5-12(19)13(9-11)22-17(25)16(24)20-10-14(15-3-1-8-26-15)23-7-2-6-21-23/h1-9,14H,10H2,(H,20,24)(H,22,25). The van der Waals surface area contributed by atoms with Crippen LogP contribution >= 0.6 is 0 Å². The fourth-order valence-corrected chi connectivity index (χ4v) is 2.31. The summed E-state index contributed by atoms with van der Waals surface area (Å²) in [5.41, 5.74) is -0.417. The van der Waals surface area contributed by atoms with E-state index in [0.29, 0.717) is 5.76 Å². The highest BCUT2D eigenvalue weighted by Gasteiger charge is 2.21. The van der Waals surface area contributed by atoms with Gasteiger partial charge in [0.15, 0.2) is 0 Å². The lowest BCUT2D eigenvalue weighted by molar-refractivity contribution is -0.136. The van der Waals surface area contributed by atoms with Crippen molar-refractivity contribution in [1.82, 2.24) is 15.1 Å². The Morgan fingerprint density at radius 1 is 1.19 bits per heavy atom. The molecular formula is C17H14F2N4O3. The van der Waals surface area contributed by atoms with Crippen molar-refractivity contribution in [3.05, 3.63) is 72.4 Å². The molecule has 0 aliphatic carbocycles. The third kappa shape index (κ3) is 3.94. The molecule has 0 bridgehead atoms. The highest BCUT2D eigenvalue weighted by atomic mass is 19.1. The van der Waals surface area contributed by atoms with Gasteiger partial charge in [0.05, 0.1) is 12.0 Å². The first kappa shape index (κ1) is 17.3. The monoisotopic (exact) mass is 360 g/mol. The van der Waals surface area contributed by atoms with Crippen LogP contribution in [0.3, 0.4) is 0 Å². The minimum atomic E-state index is -1.12. The van der Waals surface area contributed by atoms with Gasteiger partial charge in [-0.25, -0.2) is 8.78 Å². The Kier molecular flexibility index (Phi) is 5.07. The Hall–Kier alpha value is -3.49. The first-order valence-corrected chi connectivity index (χ1v) is 7.61. The normalized spacial score (nSPS) is 11.8. The summed E-state index contributed by atoms with van der Waals surface area (Å²) < 4.78 is 33.6. The number of halogens is 2. The van der Waals surface area contributed by atoms with Crippen LogP contribution in [0.15, 0.2) is 59.5 Å². The van der Waals surface area contributed by atoms with Gasteiger partial charge in [0.2, 0.25) is 0 Å². The van der Waals surface area contributed by atoms with Crippen molar-refractivity contribution in [2.45, 2.75) is 6.04 Å². The zero-order chi connectivity index (χ0) is 18.5. The van der Waals surface area contributed by atoms with E-state index >= 15 is 0 Å². The van der Waals surface area contributed by atoms with Gasteiger partial charge in [-0.1, -0.05) is 0 Å². The van der Waals surface area contributed by atoms with Crippen LogP contribution < -0.4 is 10.6 Å². The average Bonchev–Trinajstić information content (AvgIpc) is 3.32. The van der Waals surface area contributed by atoms with Crippen LogP contribution in [0.5, 0.6) is 0 Å². The molecule has 2 heterocycles. The lowest BCUT2D eigenvalue weighted by Gasteiger charge is -2.16. The van der Waals surface area contributed by atoms with Crippen molar-refractivity contribution in [3.8, 4) is 0 Å². The molecule has 9 heteroatoms.